The molecule has 0 amide bonds. The number of aryl methyl sites for hydroxylation is 1. The summed E-state index contributed by atoms with van der Waals surface area (Å²) >= 11 is 0. The van der Waals surface area contributed by atoms with Gasteiger partial charge in [0.15, 0.2) is 0 Å². The van der Waals surface area contributed by atoms with E-state index >= 15 is 0 Å². The van der Waals surface area contributed by atoms with Crippen molar-refractivity contribution in [3.63, 3.8) is 0 Å². The third kappa shape index (κ3) is 2.98. The Hall–Kier alpha value is -1.12. The van der Waals surface area contributed by atoms with E-state index in [4.69, 9.17) is 5.11 Å². The van der Waals surface area contributed by atoms with E-state index in [0.29, 0.717) is 0 Å². The summed E-state index contributed by atoms with van der Waals surface area (Å²) in [5, 5.41) is 18.1. The van der Waals surface area contributed by atoms with E-state index < -0.39 is 6.10 Å². The first-order valence-corrected chi connectivity index (χ1v) is 4.67. The summed E-state index contributed by atoms with van der Waals surface area (Å²) in [7, 11) is 0. The summed E-state index contributed by atoms with van der Waals surface area (Å²) in [4.78, 5) is 0. The van der Waals surface area contributed by atoms with E-state index in [1.807, 2.05) is 37.3 Å². The Morgan fingerprint density at radius 2 is 1.93 bits per heavy atom. The Kier molecular flexibility index (Phi) is 3.86. The molecule has 0 aliphatic rings. The molecular weight excluding hydrogens is 176 g/mol. The van der Waals surface area contributed by atoms with Crippen LogP contribution >= 0.6 is 0 Å². The Morgan fingerprint density at radius 3 is 2.43 bits per heavy atom. The lowest BCUT2D eigenvalue weighted by atomic mass is 10.1. The second kappa shape index (κ2) is 4.94. The third-order valence-electron chi connectivity index (χ3n) is 2.17. The van der Waals surface area contributed by atoms with Gasteiger partial charge in [0.05, 0.1) is 12.7 Å². The summed E-state index contributed by atoms with van der Waals surface area (Å²) < 4.78 is 0. The minimum absolute atomic E-state index is 0.228. The van der Waals surface area contributed by atoms with E-state index in [-0.39, 0.29) is 6.61 Å². The molecule has 0 saturated carbocycles. The minimum Gasteiger partial charge on any atom is -0.393 e. The van der Waals surface area contributed by atoms with Crippen molar-refractivity contribution in [1.82, 2.24) is 0 Å². The van der Waals surface area contributed by atoms with Crippen LogP contribution in [0.1, 0.15) is 18.1 Å². The maximum Gasteiger partial charge on any atom is 0.0981 e. The first-order chi connectivity index (χ1) is 6.63. The standard InChI is InChI=1S/C12H16O2/c1-9-3-5-11(6-4-9)7-10(2)12(14)8-13/h3-7,12-14H,8H2,1-2H3/b10-7+. The van der Waals surface area contributed by atoms with E-state index in [1.165, 1.54) is 5.56 Å². The SMILES string of the molecule is C/C(=C\c1ccc(C)cc1)C(O)CO. The molecule has 0 radical (unpaired) electrons. The van der Waals surface area contributed by atoms with Crippen LogP contribution < -0.4 is 0 Å². The van der Waals surface area contributed by atoms with Crippen molar-refractivity contribution in [1.29, 1.82) is 0 Å². The number of aliphatic hydroxyl groups is 2. The average Bonchev–Trinajstić information content (AvgIpc) is 2.20. The summed E-state index contributed by atoms with van der Waals surface area (Å²) in [5.41, 5.74) is 3.03. The predicted molar refractivity (Wildman–Crippen MR) is 57.9 cm³/mol. The van der Waals surface area contributed by atoms with Crippen molar-refractivity contribution >= 4 is 6.08 Å². The molecule has 0 heterocycles. The normalized spacial score (nSPS) is 14.1. The lowest BCUT2D eigenvalue weighted by Gasteiger charge is -2.07. The van der Waals surface area contributed by atoms with Crippen molar-refractivity contribution in [2.24, 2.45) is 0 Å². The number of benzene rings is 1. The summed E-state index contributed by atoms with van der Waals surface area (Å²) in [6.07, 6.45) is 1.12. The van der Waals surface area contributed by atoms with Crippen LogP contribution in [0.2, 0.25) is 0 Å². The molecule has 0 fully saturated rings. The molecule has 2 N–H and O–H groups in total. The summed E-state index contributed by atoms with van der Waals surface area (Å²) in [6, 6.07) is 8.01. The zero-order valence-electron chi connectivity index (χ0n) is 8.57. The fourth-order valence-corrected chi connectivity index (χ4v) is 1.17. The van der Waals surface area contributed by atoms with Crippen molar-refractivity contribution in [3.05, 3.63) is 41.0 Å². The molecule has 0 aliphatic carbocycles. The third-order valence-corrected chi connectivity index (χ3v) is 2.17. The van der Waals surface area contributed by atoms with Crippen LogP contribution in [0.3, 0.4) is 0 Å². The average molecular weight is 192 g/mol. The van der Waals surface area contributed by atoms with Gasteiger partial charge in [0.25, 0.3) is 0 Å². The largest absolute Gasteiger partial charge is 0.393 e. The molecule has 0 spiro atoms. The van der Waals surface area contributed by atoms with Gasteiger partial charge in [-0.1, -0.05) is 35.9 Å². The topological polar surface area (TPSA) is 40.5 Å². The second-order valence-corrected chi connectivity index (χ2v) is 3.50. The summed E-state index contributed by atoms with van der Waals surface area (Å²) in [5.74, 6) is 0. The highest BCUT2D eigenvalue weighted by Gasteiger charge is 2.03. The fourth-order valence-electron chi connectivity index (χ4n) is 1.17. The van der Waals surface area contributed by atoms with E-state index in [2.05, 4.69) is 0 Å². The first-order valence-electron chi connectivity index (χ1n) is 4.67. The predicted octanol–water partition coefficient (Wildman–Crippen LogP) is 1.75. The van der Waals surface area contributed by atoms with Crippen LogP contribution in [0.5, 0.6) is 0 Å². The number of rotatable bonds is 3. The molecule has 76 valence electrons. The highest BCUT2D eigenvalue weighted by Crippen LogP contribution is 2.10. The van der Waals surface area contributed by atoms with Gasteiger partial charge in [-0.2, -0.15) is 0 Å². The number of aliphatic hydroxyl groups excluding tert-OH is 2. The smallest absolute Gasteiger partial charge is 0.0981 e. The van der Waals surface area contributed by atoms with Gasteiger partial charge in [0, 0.05) is 0 Å². The van der Waals surface area contributed by atoms with Crippen molar-refractivity contribution in [3.8, 4) is 0 Å². The van der Waals surface area contributed by atoms with Crippen molar-refractivity contribution < 1.29 is 10.2 Å². The molecule has 14 heavy (non-hydrogen) atoms. The van der Waals surface area contributed by atoms with Crippen LogP contribution in [-0.2, 0) is 0 Å². The highest BCUT2D eigenvalue weighted by molar-refractivity contribution is 5.53. The van der Waals surface area contributed by atoms with Crippen LogP contribution in [-0.4, -0.2) is 22.9 Å². The van der Waals surface area contributed by atoms with Gasteiger partial charge < -0.3 is 10.2 Å². The quantitative estimate of drug-likeness (QED) is 0.766. The molecule has 0 aromatic heterocycles. The zero-order valence-corrected chi connectivity index (χ0v) is 8.57. The zero-order chi connectivity index (χ0) is 10.6. The van der Waals surface area contributed by atoms with E-state index in [0.717, 1.165) is 11.1 Å². The van der Waals surface area contributed by atoms with E-state index in [1.54, 1.807) is 6.92 Å². The summed E-state index contributed by atoms with van der Waals surface area (Å²) in [6.45, 7) is 3.61. The Morgan fingerprint density at radius 1 is 1.36 bits per heavy atom. The molecule has 2 nitrogen and oxygen atoms in total. The van der Waals surface area contributed by atoms with Crippen LogP contribution in [0.4, 0.5) is 0 Å². The van der Waals surface area contributed by atoms with Gasteiger partial charge in [0.2, 0.25) is 0 Å². The number of hydrogen-bond donors (Lipinski definition) is 2. The molecule has 1 unspecified atom stereocenters. The molecular formula is C12H16O2. The van der Waals surface area contributed by atoms with Gasteiger partial charge in [-0.05, 0) is 25.0 Å². The molecule has 1 aromatic rings. The van der Waals surface area contributed by atoms with Crippen LogP contribution in [0.25, 0.3) is 6.08 Å². The van der Waals surface area contributed by atoms with Gasteiger partial charge in [-0.15, -0.1) is 0 Å². The van der Waals surface area contributed by atoms with Crippen molar-refractivity contribution in [2.75, 3.05) is 6.61 Å². The molecule has 0 bridgehead atoms. The Bertz CT molecular complexity index is 312. The van der Waals surface area contributed by atoms with E-state index in [9.17, 15) is 5.11 Å². The molecule has 0 saturated heterocycles. The lowest BCUT2D eigenvalue weighted by Crippen LogP contribution is -2.12. The maximum atomic E-state index is 9.32. The minimum atomic E-state index is -0.753. The monoisotopic (exact) mass is 192 g/mol. The van der Waals surface area contributed by atoms with Gasteiger partial charge in [-0.25, -0.2) is 0 Å². The maximum absolute atomic E-state index is 9.32. The number of hydrogen-bond acceptors (Lipinski definition) is 2. The molecule has 1 atom stereocenters. The Balaban J connectivity index is 2.81. The van der Waals surface area contributed by atoms with Gasteiger partial charge in [-0.3, -0.25) is 0 Å². The van der Waals surface area contributed by atoms with Crippen molar-refractivity contribution in [2.45, 2.75) is 20.0 Å². The second-order valence-electron chi connectivity index (χ2n) is 3.50. The first kappa shape index (κ1) is 11.0. The lowest BCUT2D eigenvalue weighted by molar-refractivity contribution is 0.123. The molecule has 0 aliphatic heterocycles. The molecule has 1 rings (SSSR count). The molecule has 2 heteroatoms. The van der Waals surface area contributed by atoms with Crippen LogP contribution in [0, 0.1) is 6.92 Å². The van der Waals surface area contributed by atoms with Crippen LogP contribution in [0.15, 0.2) is 29.8 Å². The van der Waals surface area contributed by atoms with Gasteiger partial charge >= 0.3 is 0 Å². The van der Waals surface area contributed by atoms with Gasteiger partial charge in [0.1, 0.15) is 0 Å². The highest BCUT2D eigenvalue weighted by atomic mass is 16.3. The fraction of sp³-hybridized carbons (Fsp3) is 0.333. The Labute approximate surface area is 84.5 Å². The molecule has 1 aromatic carbocycles.